The highest BCUT2D eigenvalue weighted by Gasteiger charge is 2.28. The van der Waals surface area contributed by atoms with Gasteiger partial charge in [-0.2, -0.15) is 4.98 Å². The van der Waals surface area contributed by atoms with Crippen molar-refractivity contribution in [1.29, 1.82) is 0 Å². The van der Waals surface area contributed by atoms with E-state index in [0.29, 0.717) is 10.9 Å². The Hall–Kier alpha value is -2.06. The molecule has 1 aromatic heterocycles. The van der Waals surface area contributed by atoms with Crippen LogP contribution in [0.2, 0.25) is 5.02 Å². The van der Waals surface area contributed by atoms with Gasteiger partial charge in [0.05, 0.1) is 21.8 Å². The lowest BCUT2D eigenvalue weighted by atomic mass is 10.2. The van der Waals surface area contributed by atoms with Crippen molar-refractivity contribution in [2.24, 2.45) is 0 Å². The second-order valence-corrected chi connectivity index (χ2v) is 10.7. The first kappa shape index (κ1) is 22.7. The van der Waals surface area contributed by atoms with Crippen molar-refractivity contribution < 1.29 is 8.95 Å². The summed E-state index contributed by atoms with van der Waals surface area (Å²) in [6.07, 6.45) is 4.88. The Morgan fingerprint density at radius 2 is 1.70 bits per heavy atom. The summed E-state index contributed by atoms with van der Waals surface area (Å²) < 4.78 is 21.3. The van der Waals surface area contributed by atoms with Gasteiger partial charge in [0.2, 0.25) is 5.88 Å². The molecule has 6 nitrogen and oxygen atoms in total. The van der Waals surface area contributed by atoms with Crippen LogP contribution in [-0.4, -0.2) is 55.7 Å². The number of rotatable bonds is 6. The topological polar surface area (TPSA) is 58.6 Å². The summed E-state index contributed by atoms with van der Waals surface area (Å²) in [6.45, 7) is 5.19. The highest BCUT2D eigenvalue weighted by molar-refractivity contribution is 7.82. The summed E-state index contributed by atoms with van der Waals surface area (Å²) in [5.74, 6) is 1.49. The summed E-state index contributed by atoms with van der Waals surface area (Å²) in [5.41, 5.74) is 0.921. The predicted octanol–water partition coefficient (Wildman–Crippen LogP) is 5.01. The SMILES string of the molecule is CC(c1nc(OC2CCCC2)c2ccccc2n1)N1CCN(S(=O)c2ccc(Cl)cc2)CC1. The normalized spacial score (nSPS) is 20.2. The van der Waals surface area contributed by atoms with Crippen LogP contribution in [0.3, 0.4) is 0 Å². The third kappa shape index (κ3) is 5.06. The highest BCUT2D eigenvalue weighted by atomic mass is 35.5. The fraction of sp³-hybridized carbons (Fsp3) is 0.440. The second kappa shape index (κ2) is 10.1. The van der Waals surface area contributed by atoms with Gasteiger partial charge < -0.3 is 4.74 Å². The Labute approximate surface area is 202 Å². The molecule has 3 aromatic rings. The van der Waals surface area contributed by atoms with Crippen molar-refractivity contribution >= 4 is 33.5 Å². The molecule has 0 spiro atoms. The van der Waals surface area contributed by atoms with Crippen molar-refractivity contribution in [1.82, 2.24) is 19.2 Å². The van der Waals surface area contributed by atoms with Gasteiger partial charge in [-0.15, -0.1) is 0 Å². The maximum absolute atomic E-state index is 12.9. The number of aromatic nitrogens is 2. The van der Waals surface area contributed by atoms with Crippen molar-refractivity contribution in [3.63, 3.8) is 0 Å². The van der Waals surface area contributed by atoms with Gasteiger partial charge in [-0.05, 0) is 69.0 Å². The summed E-state index contributed by atoms with van der Waals surface area (Å²) in [5, 5.41) is 1.63. The first-order valence-corrected chi connectivity index (χ1v) is 13.2. The minimum Gasteiger partial charge on any atom is -0.474 e. The molecule has 0 N–H and O–H groups in total. The number of halogens is 1. The van der Waals surface area contributed by atoms with Gasteiger partial charge in [-0.25, -0.2) is 13.5 Å². The Kier molecular flexibility index (Phi) is 6.92. The average Bonchev–Trinajstić information content (AvgIpc) is 3.37. The van der Waals surface area contributed by atoms with E-state index in [9.17, 15) is 4.21 Å². The zero-order valence-corrected chi connectivity index (χ0v) is 20.4. The molecule has 174 valence electrons. The van der Waals surface area contributed by atoms with Crippen LogP contribution in [0, 0.1) is 0 Å². The van der Waals surface area contributed by atoms with Gasteiger partial charge in [-0.1, -0.05) is 23.7 Å². The van der Waals surface area contributed by atoms with Crippen LogP contribution in [-0.2, 0) is 11.0 Å². The van der Waals surface area contributed by atoms with Crippen LogP contribution in [0.4, 0.5) is 0 Å². The third-order valence-corrected chi connectivity index (χ3v) is 8.37. The third-order valence-electron chi connectivity index (χ3n) is 6.61. The average molecular weight is 485 g/mol. The zero-order valence-electron chi connectivity index (χ0n) is 18.8. The Morgan fingerprint density at radius 1 is 1.00 bits per heavy atom. The second-order valence-electron chi connectivity index (χ2n) is 8.77. The minimum absolute atomic E-state index is 0.0478. The summed E-state index contributed by atoms with van der Waals surface area (Å²) in [6, 6.07) is 15.4. The minimum atomic E-state index is -1.18. The predicted molar refractivity (Wildman–Crippen MR) is 132 cm³/mol. The van der Waals surface area contributed by atoms with E-state index in [4.69, 9.17) is 26.3 Å². The van der Waals surface area contributed by atoms with E-state index in [1.807, 2.05) is 40.7 Å². The lowest BCUT2D eigenvalue weighted by molar-refractivity contribution is 0.142. The van der Waals surface area contributed by atoms with E-state index in [-0.39, 0.29) is 12.1 Å². The molecule has 2 atom stereocenters. The molecule has 0 amide bonds. The van der Waals surface area contributed by atoms with Gasteiger partial charge in [0.25, 0.3) is 0 Å². The van der Waals surface area contributed by atoms with Crippen molar-refractivity contribution in [3.05, 3.63) is 59.4 Å². The molecule has 2 fully saturated rings. The Morgan fingerprint density at radius 3 is 2.42 bits per heavy atom. The Balaban J connectivity index is 1.30. The highest BCUT2D eigenvalue weighted by Crippen LogP contribution is 2.30. The van der Waals surface area contributed by atoms with E-state index in [2.05, 4.69) is 11.8 Å². The van der Waals surface area contributed by atoms with Crippen molar-refractivity contribution in [2.75, 3.05) is 26.2 Å². The molecule has 8 heteroatoms. The van der Waals surface area contributed by atoms with Gasteiger partial charge in [0.15, 0.2) is 0 Å². The maximum Gasteiger partial charge on any atom is 0.225 e. The lowest BCUT2D eigenvalue weighted by Gasteiger charge is -2.36. The molecule has 1 saturated heterocycles. The molecule has 0 radical (unpaired) electrons. The molecular formula is C25H29ClN4O2S. The molecule has 2 aromatic carbocycles. The number of hydrogen-bond donors (Lipinski definition) is 0. The monoisotopic (exact) mass is 484 g/mol. The Bertz CT molecular complexity index is 1130. The lowest BCUT2D eigenvalue weighted by Crippen LogP contribution is -2.47. The number of ether oxygens (including phenoxy) is 1. The first-order valence-electron chi connectivity index (χ1n) is 11.7. The number of piperazine rings is 1. The molecule has 2 heterocycles. The van der Waals surface area contributed by atoms with Gasteiger partial charge in [-0.3, -0.25) is 4.90 Å². The summed E-state index contributed by atoms with van der Waals surface area (Å²) >= 11 is 5.97. The number of hydrogen-bond acceptors (Lipinski definition) is 5. The number of benzene rings is 2. The van der Waals surface area contributed by atoms with Crippen LogP contribution >= 0.6 is 11.6 Å². The van der Waals surface area contributed by atoms with Crippen LogP contribution in [0.1, 0.15) is 44.5 Å². The van der Waals surface area contributed by atoms with Crippen LogP contribution in [0.5, 0.6) is 5.88 Å². The van der Waals surface area contributed by atoms with E-state index >= 15 is 0 Å². The number of nitrogens with zero attached hydrogens (tertiary/aromatic N) is 4. The van der Waals surface area contributed by atoms with Crippen molar-refractivity contribution in [3.8, 4) is 5.88 Å². The van der Waals surface area contributed by atoms with E-state index < -0.39 is 11.0 Å². The van der Waals surface area contributed by atoms with Gasteiger partial charge in [0.1, 0.15) is 22.9 Å². The summed E-state index contributed by atoms with van der Waals surface area (Å²) in [4.78, 5) is 12.9. The smallest absolute Gasteiger partial charge is 0.225 e. The summed E-state index contributed by atoms with van der Waals surface area (Å²) in [7, 11) is -1.18. The van der Waals surface area contributed by atoms with Gasteiger partial charge >= 0.3 is 0 Å². The number of para-hydroxylation sites is 1. The van der Waals surface area contributed by atoms with Crippen molar-refractivity contribution in [2.45, 2.75) is 49.6 Å². The van der Waals surface area contributed by atoms with Crippen LogP contribution in [0.25, 0.3) is 10.9 Å². The maximum atomic E-state index is 12.9. The van der Waals surface area contributed by atoms with Crippen LogP contribution < -0.4 is 4.74 Å². The molecule has 33 heavy (non-hydrogen) atoms. The standard InChI is InChI=1S/C25H29ClN4O2S/c1-18(29-14-16-30(17-15-29)33(31)21-12-10-19(26)11-13-21)24-27-23-9-5-4-8-22(23)25(28-24)32-20-6-2-3-7-20/h4-5,8-13,18,20H,2-3,6-7,14-17H2,1H3. The molecule has 2 unspecified atom stereocenters. The molecule has 1 saturated carbocycles. The molecule has 1 aliphatic carbocycles. The van der Waals surface area contributed by atoms with E-state index in [1.54, 1.807) is 12.1 Å². The first-order chi connectivity index (χ1) is 16.1. The zero-order chi connectivity index (χ0) is 22.8. The van der Waals surface area contributed by atoms with E-state index in [1.165, 1.54) is 12.8 Å². The molecule has 1 aliphatic heterocycles. The fourth-order valence-corrected chi connectivity index (χ4v) is 5.91. The molecule has 5 rings (SSSR count). The van der Waals surface area contributed by atoms with E-state index in [0.717, 1.165) is 60.6 Å². The van der Waals surface area contributed by atoms with Gasteiger partial charge in [0, 0.05) is 31.2 Å². The molecular weight excluding hydrogens is 456 g/mol. The fourth-order valence-electron chi connectivity index (χ4n) is 4.63. The molecule has 2 aliphatic rings. The largest absolute Gasteiger partial charge is 0.474 e. The quantitative estimate of drug-likeness (QED) is 0.492. The number of fused-ring (bicyclic) bond motifs is 1. The molecule has 0 bridgehead atoms. The van der Waals surface area contributed by atoms with Crippen LogP contribution in [0.15, 0.2) is 53.4 Å².